The van der Waals surface area contributed by atoms with Crippen molar-refractivity contribution in [3.8, 4) is 0 Å². The predicted molar refractivity (Wildman–Crippen MR) is 140 cm³/mol. The van der Waals surface area contributed by atoms with Crippen LogP contribution in [0.1, 0.15) is 65.2 Å². The summed E-state index contributed by atoms with van der Waals surface area (Å²) in [5.41, 5.74) is -2.28. The Kier molecular flexibility index (Phi) is 8.30. The van der Waals surface area contributed by atoms with Crippen molar-refractivity contribution in [3.63, 3.8) is 0 Å². The lowest BCUT2D eigenvalue weighted by molar-refractivity contribution is -0.181. The van der Waals surface area contributed by atoms with Gasteiger partial charge < -0.3 is 30.5 Å². The highest BCUT2D eigenvalue weighted by Gasteiger charge is 2.68. The number of Topliss-reactive ketones (excluding diaryl/α,β-unsaturated/α-hetero) is 1. The molecule has 8 atom stereocenters. The molecular formula is C29H37NO11. The van der Waals surface area contributed by atoms with E-state index in [-0.39, 0.29) is 36.4 Å². The zero-order valence-corrected chi connectivity index (χ0v) is 23.1. The van der Waals surface area contributed by atoms with Crippen molar-refractivity contribution in [1.82, 2.24) is 5.32 Å². The van der Waals surface area contributed by atoms with E-state index in [1.807, 2.05) is 18.3 Å². The maximum absolute atomic E-state index is 13.3. The Labute approximate surface area is 236 Å². The van der Waals surface area contributed by atoms with Crippen LogP contribution in [0.3, 0.4) is 0 Å². The molecule has 0 radical (unpaired) electrons. The highest BCUT2D eigenvalue weighted by molar-refractivity contribution is 6.01. The van der Waals surface area contributed by atoms with Crippen LogP contribution in [0.5, 0.6) is 0 Å². The average Bonchev–Trinajstić information content (AvgIpc) is 3.16. The van der Waals surface area contributed by atoms with Crippen molar-refractivity contribution in [2.75, 3.05) is 6.61 Å². The molecule has 0 aromatic rings. The summed E-state index contributed by atoms with van der Waals surface area (Å²) in [6, 6.07) is -1.65. The van der Waals surface area contributed by atoms with Gasteiger partial charge >= 0.3 is 17.9 Å². The maximum atomic E-state index is 13.3. The van der Waals surface area contributed by atoms with Crippen molar-refractivity contribution in [3.05, 3.63) is 23.8 Å². The molecule has 12 heteroatoms. The molecule has 0 spiro atoms. The molecule has 1 amide bonds. The normalized spacial score (nSPS) is 36.2. The Morgan fingerprint density at radius 1 is 1.12 bits per heavy atom. The number of hydrogen-bond donors (Lipinski definition) is 5. The molecule has 41 heavy (non-hydrogen) atoms. The molecule has 0 bridgehead atoms. The number of carboxylic acid groups (broad SMARTS) is 2. The molecule has 0 aromatic carbocycles. The fourth-order valence-corrected chi connectivity index (χ4v) is 7.98. The number of nitrogens with one attached hydrogen (secondary N) is 1. The molecule has 4 aliphatic carbocycles. The minimum atomic E-state index is -1.83. The molecule has 0 saturated heterocycles. The summed E-state index contributed by atoms with van der Waals surface area (Å²) in [4.78, 5) is 71.4. The summed E-state index contributed by atoms with van der Waals surface area (Å²) in [5.74, 6) is -5.70. The van der Waals surface area contributed by atoms with Gasteiger partial charge in [-0.15, -0.1) is 0 Å². The van der Waals surface area contributed by atoms with Gasteiger partial charge in [0.05, 0.1) is 18.9 Å². The quantitative estimate of drug-likeness (QED) is 0.232. The molecule has 0 heterocycles. The molecule has 3 saturated carbocycles. The number of carbonyl (C=O) groups is 6. The fourth-order valence-electron chi connectivity index (χ4n) is 7.98. The number of ketones is 2. The van der Waals surface area contributed by atoms with E-state index in [9.17, 15) is 39.0 Å². The molecule has 224 valence electrons. The molecule has 5 N–H and O–H groups in total. The Hall–Kier alpha value is -3.38. The van der Waals surface area contributed by atoms with Gasteiger partial charge in [0, 0.05) is 23.2 Å². The summed E-state index contributed by atoms with van der Waals surface area (Å²) >= 11 is 0. The van der Waals surface area contributed by atoms with Crippen molar-refractivity contribution in [2.24, 2.45) is 28.6 Å². The topological polar surface area (TPSA) is 205 Å². The molecule has 0 aliphatic heterocycles. The van der Waals surface area contributed by atoms with E-state index in [4.69, 9.17) is 14.9 Å². The van der Waals surface area contributed by atoms with Crippen LogP contribution in [0, 0.1) is 28.6 Å². The minimum absolute atomic E-state index is 0.0161. The van der Waals surface area contributed by atoms with Gasteiger partial charge in [0.15, 0.2) is 12.4 Å². The van der Waals surface area contributed by atoms with Crippen LogP contribution in [-0.2, 0) is 33.5 Å². The summed E-state index contributed by atoms with van der Waals surface area (Å²) in [6.07, 6.45) is 4.74. The summed E-state index contributed by atoms with van der Waals surface area (Å²) in [6.45, 7) is 3.11. The van der Waals surface area contributed by atoms with Crippen LogP contribution < -0.4 is 5.32 Å². The van der Waals surface area contributed by atoms with Crippen molar-refractivity contribution >= 4 is 35.4 Å². The number of fused-ring (bicyclic) bond motifs is 5. The molecule has 5 unspecified atom stereocenters. The number of hydrogen-bond acceptors (Lipinski definition) is 9. The van der Waals surface area contributed by atoms with Gasteiger partial charge in [0.1, 0.15) is 11.6 Å². The fraction of sp³-hybridized carbons (Fsp3) is 0.655. The number of rotatable bonds is 10. The second-order valence-electron chi connectivity index (χ2n) is 12.3. The summed E-state index contributed by atoms with van der Waals surface area (Å²) in [5, 5.41) is 42.9. The summed E-state index contributed by atoms with van der Waals surface area (Å²) in [7, 11) is 0. The first-order valence-electron chi connectivity index (χ1n) is 13.9. The first kappa shape index (κ1) is 30.6. The number of carboxylic acids is 2. The third-order valence-electron chi connectivity index (χ3n) is 10.0. The van der Waals surface area contributed by atoms with Crippen LogP contribution >= 0.6 is 0 Å². The molecule has 0 aromatic heterocycles. The number of allylic oxidation sites excluding steroid dienone is 4. The van der Waals surface area contributed by atoms with Gasteiger partial charge in [0.25, 0.3) is 0 Å². The van der Waals surface area contributed by atoms with E-state index < -0.39 is 84.0 Å². The van der Waals surface area contributed by atoms with E-state index in [2.05, 4.69) is 0 Å². The molecule has 12 nitrogen and oxygen atoms in total. The lowest BCUT2D eigenvalue weighted by Crippen LogP contribution is -2.61. The standard InChI is InChI=1S/C29H37NO11/c1-27-9-7-16(31)11-15(27)3-4-17-18-8-10-29(40,28(18,2)13-20(32)25(17)27)21(33)14-41-24(37)6-5-22(34)30-19(26(38)39)12-23(35)36/h7,9,11,17-20,25,32,40H,3-6,8,10,12-14H2,1-2H3,(H,30,34)(H,35,36)(H,38,39)/t17?,18?,19?,20?,25?,27-,28-,29-/m0/s1. The predicted octanol–water partition coefficient (Wildman–Crippen LogP) is 0.933. The lowest BCUT2D eigenvalue weighted by Gasteiger charge is -2.59. The van der Waals surface area contributed by atoms with Gasteiger partial charge in [-0.1, -0.05) is 25.5 Å². The number of aliphatic hydroxyl groups is 2. The third kappa shape index (κ3) is 5.46. The van der Waals surface area contributed by atoms with Crippen LogP contribution in [0.2, 0.25) is 0 Å². The Morgan fingerprint density at radius 2 is 1.83 bits per heavy atom. The molecule has 3 fully saturated rings. The van der Waals surface area contributed by atoms with Crippen molar-refractivity contribution < 1.29 is 53.9 Å². The van der Waals surface area contributed by atoms with E-state index in [0.717, 1.165) is 12.0 Å². The van der Waals surface area contributed by atoms with Crippen LogP contribution in [-0.4, -0.2) is 80.2 Å². The SMILES string of the molecule is C[C@]12C=CC(=O)C=C1CCC1C2C(O)C[C@@]2(C)C1CC[C@]2(O)C(=O)COC(=O)CCC(=O)NC(CC(=O)O)C(=O)O. The van der Waals surface area contributed by atoms with Crippen molar-refractivity contribution in [2.45, 2.75) is 83.0 Å². The first-order valence-corrected chi connectivity index (χ1v) is 13.9. The number of carbonyl (C=O) groups excluding carboxylic acids is 4. The van der Waals surface area contributed by atoms with Gasteiger partial charge in [-0.05, 0) is 56.1 Å². The highest BCUT2D eigenvalue weighted by Crippen LogP contribution is 2.67. The van der Waals surface area contributed by atoms with E-state index in [0.29, 0.717) is 12.8 Å². The number of aliphatic hydroxyl groups excluding tert-OH is 1. The molecule has 4 aliphatic rings. The van der Waals surface area contributed by atoms with Gasteiger partial charge in [0.2, 0.25) is 11.7 Å². The highest BCUT2D eigenvalue weighted by atomic mass is 16.5. The monoisotopic (exact) mass is 575 g/mol. The lowest BCUT2D eigenvalue weighted by atomic mass is 9.46. The van der Waals surface area contributed by atoms with E-state index >= 15 is 0 Å². The van der Waals surface area contributed by atoms with E-state index in [1.54, 1.807) is 19.1 Å². The second-order valence-corrected chi connectivity index (χ2v) is 12.3. The van der Waals surface area contributed by atoms with Crippen LogP contribution in [0.4, 0.5) is 0 Å². The number of esters is 1. The zero-order chi connectivity index (χ0) is 30.3. The Morgan fingerprint density at radius 3 is 2.49 bits per heavy atom. The molecular weight excluding hydrogens is 538 g/mol. The maximum Gasteiger partial charge on any atom is 0.326 e. The summed E-state index contributed by atoms with van der Waals surface area (Å²) < 4.78 is 5.05. The number of aliphatic carboxylic acids is 2. The van der Waals surface area contributed by atoms with Gasteiger partial charge in [-0.3, -0.25) is 24.0 Å². The van der Waals surface area contributed by atoms with Crippen LogP contribution in [0.15, 0.2) is 23.8 Å². The van der Waals surface area contributed by atoms with Gasteiger partial charge in [-0.2, -0.15) is 0 Å². The number of amides is 1. The minimum Gasteiger partial charge on any atom is -0.481 e. The average molecular weight is 576 g/mol. The zero-order valence-electron chi connectivity index (χ0n) is 23.1. The largest absolute Gasteiger partial charge is 0.481 e. The molecule has 4 rings (SSSR count). The first-order chi connectivity index (χ1) is 19.1. The second kappa shape index (κ2) is 11.1. The Balaban J connectivity index is 1.37. The third-order valence-corrected chi connectivity index (χ3v) is 10.0. The van der Waals surface area contributed by atoms with Crippen molar-refractivity contribution in [1.29, 1.82) is 0 Å². The van der Waals surface area contributed by atoms with E-state index in [1.165, 1.54) is 0 Å². The number of ether oxygens (including phenoxy) is 1. The van der Waals surface area contributed by atoms with Crippen LogP contribution in [0.25, 0.3) is 0 Å². The smallest absolute Gasteiger partial charge is 0.326 e. The Bertz CT molecular complexity index is 1220. The van der Waals surface area contributed by atoms with Gasteiger partial charge in [-0.25, -0.2) is 4.79 Å².